The second kappa shape index (κ2) is 7.74. The molecule has 0 fully saturated rings. The van der Waals surface area contributed by atoms with Crippen molar-refractivity contribution in [3.8, 4) is 0 Å². The third-order valence-electron chi connectivity index (χ3n) is 2.41. The molecule has 0 bridgehead atoms. The minimum atomic E-state index is 0. The number of halogens is 3. The van der Waals surface area contributed by atoms with Crippen LogP contribution in [0.25, 0.3) is 0 Å². The number of benzene rings is 1. The molecular weight excluding hydrogens is 335 g/mol. The molecule has 0 atom stereocenters. The quantitative estimate of drug-likeness (QED) is 0.896. The number of nitrogens with one attached hydrogen (secondary N) is 1. The van der Waals surface area contributed by atoms with Gasteiger partial charge in [-0.3, -0.25) is 4.98 Å². The van der Waals surface area contributed by atoms with Gasteiger partial charge in [-0.1, -0.05) is 33.6 Å². The van der Waals surface area contributed by atoms with Crippen molar-refractivity contribution in [1.82, 2.24) is 10.3 Å². The Balaban J connectivity index is 0.00000162. The first-order valence-corrected chi connectivity index (χ1v) is 6.46. The average Bonchev–Trinajstić information content (AvgIpc) is 2.33. The van der Waals surface area contributed by atoms with Gasteiger partial charge in [0.1, 0.15) is 0 Å². The van der Waals surface area contributed by atoms with Gasteiger partial charge >= 0.3 is 0 Å². The second-order valence-electron chi connectivity index (χ2n) is 3.69. The molecular formula is C13H13BrCl2N2. The van der Waals surface area contributed by atoms with E-state index in [9.17, 15) is 0 Å². The number of hydrogen-bond donors (Lipinski definition) is 1. The summed E-state index contributed by atoms with van der Waals surface area (Å²) < 4.78 is 1.00. The Morgan fingerprint density at radius 1 is 1.11 bits per heavy atom. The van der Waals surface area contributed by atoms with Gasteiger partial charge in [-0.15, -0.1) is 12.4 Å². The number of rotatable bonds is 4. The van der Waals surface area contributed by atoms with Crippen LogP contribution in [0.2, 0.25) is 5.02 Å². The topological polar surface area (TPSA) is 24.9 Å². The van der Waals surface area contributed by atoms with Gasteiger partial charge < -0.3 is 5.32 Å². The SMILES string of the molecule is Cl.Clc1cc(Br)ccc1CNCc1ccncc1. The molecule has 1 N–H and O–H groups in total. The van der Waals surface area contributed by atoms with Gasteiger partial charge in [-0.2, -0.15) is 0 Å². The highest BCUT2D eigenvalue weighted by Crippen LogP contribution is 2.21. The monoisotopic (exact) mass is 346 g/mol. The first kappa shape index (κ1) is 15.4. The molecule has 1 aromatic heterocycles. The summed E-state index contributed by atoms with van der Waals surface area (Å²) >= 11 is 9.52. The molecule has 0 aliphatic rings. The van der Waals surface area contributed by atoms with Crippen LogP contribution < -0.4 is 5.32 Å². The van der Waals surface area contributed by atoms with Crippen molar-refractivity contribution >= 4 is 39.9 Å². The largest absolute Gasteiger partial charge is 0.309 e. The Labute approximate surface area is 126 Å². The van der Waals surface area contributed by atoms with Gasteiger partial charge in [0.2, 0.25) is 0 Å². The van der Waals surface area contributed by atoms with Gasteiger partial charge in [-0.05, 0) is 35.4 Å². The number of hydrogen-bond acceptors (Lipinski definition) is 2. The van der Waals surface area contributed by atoms with Crippen molar-refractivity contribution in [2.24, 2.45) is 0 Å². The lowest BCUT2D eigenvalue weighted by atomic mass is 10.2. The molecule has 96 valence electrons. The molecule has 1 heterocycles. The molecule has 1 aromatic carbocycles. The highest BCUT2D eigenvalue weighted by molar-refractivity contribution is 9.10. The first-order chi connectivity index (χ1) is 8.25. The van der Waals surface area contributed by atoms with Crippen LogP contribution >= 0.6 is 39.9 Å². The highest BCUT2D eigenvalue weighted by Gasteiger charge is 2.00. The summed E-state index contributed by atoms with van der Waals surface area (Å²) in [5.74, 6) is 0. The minimum absolute atomic E-state index is 0. The first-order valence-electron chi connectivity index (χ1n) is 5.29. The highest BCUT2D eigenvalue weighted by atomic mass is 79.9. The minimum Gasteiger partial charge on any atom is -0.309 e. The molecule has 18 heavy (non-hydrogen) atoms. The second-order valence-corrected chi connectivity index (χ2v) is 5.02. The van der Waals surface area contributed by atoms with Gasteiger partial charge in [0.25, 0.3) is 0 Å². The third kappa shape index (κ3) is 4.58. The van der Waals surface area contributed by atoms with Crippen molar-refractivity contribution < 1.29 is 0 Å². The van der Waals surface area contributed by atoms with E-state index >= 15 is 0 Å². The van der Waals surface area contributed by atoms with E-state index in [-0.39, 0.29) is 12.4 Å². The van der Waals surface area contributed by atoms with Crippen LogP contribution in [0.3, 0.4) is 0 Å². The third-order valence-corrected chi connectivity index (χ3v) is 3.25. The molecule has 0 unspecified atom stereocenters. The summed E-state index contributed by atoms with van der Waals surface area (Å²) in [4.78, 5) is 3.98. The van der Waals surface area contributed by atoms with E-state index in [2.05, 4.69) is 26.2 Å². The fourth-order valence-corrected chi connectivity index (χ4v) is 2.25. The van der Waals surface area contributed by atoms with Gasteiger partial charge in [0.15, 0.2) is 0 Å². The van der Waals surface area contributed by atoms with E-state index in [4.69, 9.17) is 11.6 Å². The fraction of sp³-hybridized carbons (Fsp3) is 0.154. The molecule has 0 aliphatic heterocycles. The van der Waals surface area contributed by atoms with Crippen molar-refractivity contribution in [3.63, 3.8) is 0 Å². The zero-order valence-corrected chi connectivity index (χ0v) is 12.7. The number of pyridine rings is 1. The zero-order valence-electron chi connectivity index (χ0n) is 9.57. The van der Waals surface area contributed by atoms with E-state index in [1.54, 1.807) is 12.4 Å². The predicted molar refractivity (Wildman–Crippen MR) is 81.2 cm³/mol. The predicted octanol–water partition coefficient (Wildman–Crippen LogP) is 4.21. The summed E-state index contributed by atoms with van der Waals surface area (Å²) in [7, 11) is 0. The van der Waals surface area contributed by atoms with E-state index < -0.39 is 0 Å². The summed E-state index contributed by atoms with van der Waals surface area (Å²) in [6, 6.07) is 9.92. The Hall–Kier alpha value is -0.610. The summed E-state index contributed by atoms with van der Waals surface area (Å²) in [6.45, 7) is 1.57. The maximum Gasteiger partial charge on any atom is 0.0462 e. The number of aromatic nitrogens is 1. The fourth-order valence-electron chi connectivity index (χ4n) is 1.51. The van der Waals surface area contributed by atoms with Gasteiger partial charge in [0, 0.05) is 35.0 Å². The molecule has 5 heteroatoms. The average molecular weight is 348 g/mol. The molecule has 0 amide bonds. The maximum absolute atomic E-state index is 6.13. The molecule has 0 saturated heterocycles. The lowest BCUT2D eigenvalue weighted by Gasteiger charge is -2.07. The summed E-state index contributed by atoms with van der Waals surface area (Å²) in [6.07, 6.45) is 3.59. The van der Waals surface area contributed by atoms with Crippen LogP contribution in [0.15, 0.2) is 47.2 Å². The van der Waals surface area contributed by atoms with Crippen LogP contribution in [-0.4, -0.2) is 4.98 Å². The maximum atomic E-state index is 6.13. The number of nitrogens with zero attached hydrogens (tertiary/aromatic N) is 1. The van der Waals surface area contributed by atoms with Crippen molar-refractivity contribution in [2.45, 2.75) is 13.1 Å². The van der Waals surface area contributed by atoms with Crippen LogP contribution in [0.4, 0.5) is 0 Å². The van der Waals surface area contributed by atoms with Crippen LogP contribution in [0.5, 0.6) is 0 Å². The lowest BCUT2D eigenvalue weighted by Crippen LogP contribution is -2.12. The molecule has 0 aliphatic carbocycles. The Bertz CT molecular complexity index is 492. The summed E-state index contributed by atoms with van der Waals surface area (Å²) in [5.41, 5.74) is 2.32. The Morgan fingerprint density at radius 3 is 2.50 bits per heavy atom. The van der Waals surface area contributed by atoms with Crippen LogP contribution in [0, 0.1) is 0 Å². The Kier molecular flexibility index (Phi) is 6.65. The van der Waals surface area contributed by atoms with Gasteiger partial charge in [-0.25, -0.2) is 0 Å². The van der Waals surface area contributed by atoms with Gasteiger partial charge in [0.05, 0.1) is 0 Å². The standard InChI is InChI=1S/C13H12BrClN2.ClH/c14-12-2-1-11(13(15)7-12)9-17-8-10-3-5-16-6-4-10;/h1-7,17H,8-9H2;1H. The van der Waals surface area contributed by atoms with Crippen molar-refractivity contribution in [2.75, 3.05) is 0 Å². The van der Waals surface area contributed by atoms with Crippen molar-refractivity contribution in [1.29, 1.82) is 0 Å². The van der Waals surface area contributed by atoms with E-state index in [0.717, 1.165) is 28.1 Å². The normalized spacial score (nSPS) is 9.89. The Morgan fingerprint density at radius 2 is 1.83 bits per heavy atom. The van der Waals surface area contributed by atoms with E-state index in [0.29, 0.717) is 0 Å². The van der Waals surface area contributed by atoms with Crippen molar-refractivity contribution in [3.05, 3.63) is 63.3 Å². The lowest BCUT2D eigenvalue weighted by molar-refractivity contribution is 0.693. The molecule has 0 spiro atoms. The summed E-state index contributed by atoms with van der Waals surface area (Å²) in [5, 5.41) is 4.13. The van der Waals surface area contributed by atoms with E-state index in [1.807, 2.05) is 30.3 Å². The molecule has 2 nitrogen and oxygen atoms in total. The van der Waals surface area contributed by atoms with Crippen LogP contribution in [0.1, 0.15) is 11.1 Å². The zero-order chi connectivity index (χ0) is 12.1. The van der Waals surface area contributed by atoms with Crippen LogP contribution in [-0.2, 0) is 13.1 Å². The molecule has 0 radical (unpaired) electrons. The molecule has 2 aromatic rings. The molecule has 2 rings (SSSR count). The molecule has 0 saturated carbocycles. The van der Waals surface area contributed by atoms with E-state index in [1.165, 1.54) is 5.56 Å². The smallest absolute Gasteiger partial charge is 0.0462 e.